The Morgan fingerprint density at radius 1 is 1.03 bits per heavy atom. The van der Waals surface area contributed by atoms with Gasteiger partial charge in [-0.1, -0.05) is 78.5 Å². The summed E-state index contributed by atoms with van der Waals surface area (Å²) in [6.07, 6.45) is 4.51. The largest absolute Gasteiger partial charge is 0.344 e. The molecular formula is C31H30Cl2FN3O. The van der Waals surface area contributed by atoms with Crippen LogP contribution in [-0.2, 0) is 11.8 Å². The summed E-state index contributed by atoms with van der Waals surface area (Å²) in [5.41, 5.74) is 4.31. The number of amides is 1. The third kappa shape index (κ3) is 5.10. The molecule has 1 N–H and O–H groups in total. The van der Waals surface area contributed by atoms with Gasteiger partial charge in [-0.05, 0) is 74.6 Å². The van der Waals surface area contributed by atoms with Gasteiger partial charge in [-0.2, -0.15) is 5.10 Å². The van der Waals surface area contributed by atoms with E-state index in [4.69, 9.17) is 28.3 Å². The number of hydrogen-bond donors (Lipinski definition) is 1. The molecule has 0 saturated heterocycles. The Morgan fingerprint density at radius 3 is 2.47 bits per heavy atom. The maximum Gasteiger partial charge on any atom is 0.272 e. The third-order valence-electron chi connectivity index (χ3n) is 7.59. The summed E-state index contributed by atoms with van der Waals surface area (Å²) in [6.45, 7) is 4.12. The molecule has 0 saturated carbocycles. The number of halogens is 3. The summed E-state index contributed by atoms with van der Waals surface area (Å²) >= 11 is 12.9. The fraction of sp³-hybridized carbons (Fsp3) is 0.290. The highest BCUT2D eigenvalue weighted by atomic mass is 35.5. The van der Waals surface area contributed by atoms with Crippen molar-refractivity contribution >= 4 is 29.1 Å². The standard InChI is InChI=1S/C31H30Cl2FN3O/c1-20(21-9-5-3-6-10-21)35-30(38)28-25-11-7-4-8-18-31(2,22-12-15-24(34)16-13-22)29(25)37(36-28)27-17-14-23(32)19-26(27)33/h3,5-6,9-10,12-17,19-20H,4,7-8,11,18H2,1-2H3,(H,35,38)/t20-,31?/m0/s1. The summed E-state index contributed by atoms with van der Waals surface area (Å²) in [5.74, 6) is -0.517. The zero-order valence-corrected chi connectivity index (χ0v) is 23.0. The van der Waals surface area contributed by atoms with Crippen molar-refractivity contribution in [1.82, 2.24) is 15.1 Å². The topological polar surface area (TPSA) is 46.9 Å². The van der Waals surface area contributed by atoms with E-state index < -0.39 is 5.41 Å². The van der Waals surface area contributed by atoms with Crippen LogP contribution in [0.5, 0.6) is 0 Å². The molecule has 0 radical (unpaired) electrons. The van der Waals surface area contributed by atoms with Gasteiger partial charge in [0.25, 0.3) is 5.91 Å². The molecule has 1 heterocycles. The Balaban J connectivity index is 1.70. The van der Waals surface area contributed by atoms with Crippen molar-refractivity contribution in [2.24, 2.45) is 0 Å². The lowest BCUT2D eigenvalue weighted by molar-refractivity contribution is 0.0933. The number of fused-ring (bicyclic) bond motifs is 1. The Labute approximate surface area is 232 Å². The van der Waals surface area contributed by atoms with Gasteiger partial charge in [-0.3, -0.25) is 4.79 Å². The second kappa shape index (κ2) is 10.9. The second-order valence-electron chi connectivity index (χ2n) is 10.2. The summed E-state index contributed by atoms with van der Waals surface area (Å²) < 4.78 is 15.7. The van der Waals surface area contributed by atoms with Crippen molar-refractivity contribution in [2.75, 3.05) is 0 Å². The molecule has 1 aliphatic carbocycles. The van der Waals surface area contributed by atoms with Crippen molar-refractivity contribution < 1.29 is 9.18 Å². The van der Waals surface area contributed by atoms with Gasteiger partial charge in [0.2, 0.25) is 0 Å². The Bertz CT molecular complexity index is 1450. The molecule has 1 unspecified atom stereocenters. The molecule has 1 aliphatic rings. The normalized spacial score (nSPS) is 18.2. The van der Waals surface area contributed by atoms with E-state index in [0.29, 0.717) is 27.8 Å². The Kier molecular flexibility index (Phi) is 7.60. The molecule has 5 rings (SSSR count). The first-order valence-electron chi connectivity index (χ1n) is 13.0. The minimum atomic E-state index is -0.525. The number of rotatable bonds is 5. The van der Waals surface area contributed by atoms with Crippen LogP contribution in [0, 0.1) is 5.82 Å². The van der Waals surface area contributed by atoms with Crippen LogP contribution in [0.2, 0.25) is 10.0 Å². The number of benzene rings is 3. The highest BCUT2D eigenvalue weighted by Gasteiger charge is 2.39. The van der Waals surface area contributed by atoms with Crippen molar-refractivity contribution in [3.63, 3.8) is 0 Å². The van der Waals surface area contributed by atoms with E-state index in [2.05, 4.69) is 12.2 Å². The molecular weight excluding hydrogens is 520 g/mol. The smallest absolute Gasteiger partial charge is 0.272 e. The molecule has 4 nitrogen and oxygen atoms in total. The lowest BCUT2D eigenvalue weighted by Gasteiger charge is -2.34. The average molecular weight is 551 g/mol. The van der Waals surface area contributed by atoms with E-state index in [1.807, 2.05) is 60.1 Å². The Hall–Kier alpha value is -3.15. The SMILES string of the molecule is C[C@H](NC(=O)c1nn(-c2ccc(Cl)cc2Cl)c2c1CCCCCC2(C)c1ccc(F)cc1)c1ccccc1. The first kappa shape index (κ1) is 26.5. The lowest BCUT2D eigenvalue weighted by Crippen LogP contribution is -2.30. The van der Waals surface area contributed by atoms with E-state index in [-0.39, 0.29) is 17.8 Å². The molecule has 4 aromatic rings. The number of carbonyl (C=O) groups excluding carboxylic acids is 1. The molecule has 3 aromatic carbocycles. The zero-order valence-electron chi connectivity index (χ0n) is 21.5. The van der Waals surface area contributed by atoms with Crippen LogP contribution in [0.3, 0.4) is 0 Å². The Morgan fingerprint density at radius 2 is 1.76 bits per heavy atom. The predicted octanol–water partition coefficient (Wildman–Crippen LogP) is 8.23. The molecule has 1 amide bonds. The van der Waals surface area contributed by atoms with Crippen molar-refractivity contribution in [3.05, 3.63) is 117 Å². The molecule has 1 aromatic heterocycles. The van der Waals surface area contributed by atoms with E-state index in [1.54, 1.807) is 12.1 Å². The highest BCUT2D eigenvalue weighted by molar-refractivity contribution is 6.35. The van der Waals surface area contributed by atoms with E-state index in [0.717, 1.165) is 48.1 Å². The average Bonchev–Trinajstić information content (AvgIpc) is 3.27. The quantitative estimate of drug-likeness (QED) is 0.272. The van der Waals surface area contributed by atoms with Crippen molar-refractivity contribution in [2.45, 2.75) is 57.4 Å². The first-order valence-corrected chi connectivity index (χ1v) is 13.7. The molecule has 0 fully saturated rings. The number of hydrogen-bond acceptors (Lipinski definition) is 2. The molecule has 7 heteroatoms. The molecule has 2 atom stereocenters. The summed E-state index contributed by atoms with van der Waals surface area (Å²) in [7, 11) is 0. The summed E-state index contributed by atoms with van der Waals surface area (Å²) in [6, 6.07) is 21.6. The predicted molar refractivity (Wildman–Crippen MR) is 151 cm³/mol. The fourth-order valence-electron chi connectivity index (χ4n) is 5.53. The maximum atomic E-state index is 13.9. The molecule has 38 heavy (non-hydrogen) atoms. The zero-order chi connectivity index (χ0) is 26.9. The van der Waals surface area contributed by atoms with Crippen LogP contribution in [-0.4, -0.2) is 15.7 Å². The number of nitrogens with one attached hydrogen (secondary N) is 1. The molecule has 196 valence electrons. The highest BCUT2D eigenvalue weighted by Crippen LogP contribution is 2.43. The number of nitrogens with zero attached hydrogens (tertiary/aromatic N) is 2. The fourth-order valence-corrected chi connectivity index (χ4v) is 6.02. The van der Waals surface area contributed by atoms with Crippen molar-refractivity contribution in [3.8, 4) is 5.69 Å². The second-order valence-corrected chi connectivity index (χ2v) is 11.0. The third-order valence-corrected chi connectivity index (χ3v) is 8.13. The van der Waals surface area contributed by atoms with Crippen LogP contribution < -0.4 is 5.32 Å². The van der Waals surface area contributed by atoms with Gasteiger partial charge in [0, 0.05) is 16.0 Å². The van der Waals surface area contributed by atoms with Crippen LogP contribution in [0.4, 0.5) is 4.39 Å². The summed E-state index contributed by atoms with van der Waals surface area (Å²) in [5, 5.41) is 9.03. The van der Waals surface area contributed by atoms with Crippen molar-refractivity contribution in [1.29, 1.82) is 0 Å². The summed E-state index contributed by atoms with van der Waals surface area (Å²) in [4.78, 5) is 13.8. The van der Waals surface area contributed by atoms with Gasteiger partial charge in [-0.15, -0.1) is 0 Å². The van der Waals surface area contributed by atoms with Gasteiger partial charge >= 0.3 is 0 Å². The van der Waals surface area contributed by atoms with E-state index >= 15 is 0 Å². The maximum absolute atomic E-state index is 13.9. The number of carbonyl (C=O) groups is 1. The molecule has 0 spiro atoms. The van der Waals surface area contributed by atoms with Crippen LogP contribution in [0.15, 0.2) is 72.8 Å². The van der Waals surface area contributed by atoms with E-state index in [9.17, 15) is 9.18 Å². The molecule has 0 bridgehead atoms. The van der Waals surface area contributed by atoms with Gasteiger partial charge < -0.3 is 5.32 Å². The van der Waals surface area contributed by atoms with Gasteiger partial charge in [0.05, 0.1) is 22.4 Å². The number of aromatic nitrogens is 2. The minimum Gasteiger partial charge on any atom is -0.344 e. The molecule has 0 aliphatic heterocycles. The first-order chi connectivity index (χ1) is 18.3. The van der Waals surface area contributed by atoms with Gasteiger partial charge in [0.15, 0.2) is 5.69 Å². The van der Waals surface area contributed by atoms with Gasteiger partial charge in [0.1, 0.15) is 5.82 Å². The van der Waals surface area contributed by atoms with Crippen LogP contribution >= 0.6 is 23.2 Å². The van der Waals surface area contributed by atoms with E-state index in [1.165, 1.54) is 12.1 Å². The van der Waals surface area contributed by atoms with Crippen LogP contribution in [0.1, 0.15) is 78.4 Å². The van der Waals surface area contributed by atoms with Gasteiger partial charge in [-0.25, -0.2) is 9.07 Å². The lowest BCUT2D eigenvalue weighted by atomic mass is 9.72. The minimum absolute atomic E-state index is 0.194. The van der Waals surface area contributed by atoms with Crippen LogP contribution in [0.25, 0.3) is 5.69 Å². The monoisotopic (exact) mass is 549 g/mol.